The molecular formula is C15H14FN3O7S. The van der Waals surface area contributed by atoms with Gasteiger partial charge in [0.1, 0.15) is 27.7 Å². The second-order valence-corrected chi connectivity index (χ2v) is 7.66. The van der Waals surface area contributed by atoms with E-state index in [0.717, 1.165) is 36.6 Å². The van der Waals surface area contributed by atoms with Gasteiger partial charge in [-0.1, -0.05) is 6.07 Å². The Morgan fingerprint density at radius 3 is 2.19 bits per heavy atom. The van der Waals surface area contributed by atoms with Crippen molar-refractivity contribution < 1.29 is 32.6 Å². The molecule has 1 aromatic heterocycles. The molecule has 0 saturated heterocycles. The van der Waals surface area contributed by atoms with Crippen molar-refractivity contribution >= 4 is 27.8 Å². The maximum absolute atomic E-state index is 14.1. The van der Waals surface area contributed by atoms with E-state index in [2.05, 4.69) is 0 Å². The van der Waals surface area contributed by atoms with Crippen LogP contribution in [0.15, 0.2) is 27.9 Å². The van der Waals surface area contributed by atoms with Crippen LogP contribution in [0, 0.1) is 5.82 Å². The lowest BCUT2D eigenvalue weighted by Gasteiger charge is -2.15. The van der Waals surface area contributed by atoms with Gasteiger partial charge in [0, 0.05) is 19.7 Å². The summed E-state index contributed by atoms with van der Waals surface area (Å²) in [5, 5.41) is 18.7. The topological polar surface area (TPSA) is 171 Å². The predicted molar refractivity (Wildman–Crippen MR) is 91.7 cm³/mol. The van der Waals surface area contributed by atoms with Crippen LogP contribution >= 0.6 is 0 Å². The van der Waals surface area contributed by atoms with E-state index in [4.69, 9.17) is 5.73 Å². The average Bonchev–Trinajstić information content (AvgIpc) is 2.53. The zero-order valence-corrected chi connectivity index (χ0v) is 14.8. The van der Waals surface area contributed by atoms with Gasteiger partial charge in [-0.05, 0) is 17.7 Å². The maximum atomic E-state index is 14.1. The van der Waals surface area contributed by atoms with Gasteiger partial charge in [-0.3, -0.25) is 4.79 Å². The highest BCUT2D eigenvalue weighted by atomic mass is 32.2. The van der Waals surface area contributed by atoms with Gasteiger partial charge in [-0.25, -0.2) is 26.7 Å². The number of aromatic carboxylic acids is 2. The van der Waals surface area contributed by atoms with Crippen molar-refractivity contribution in [1.29, 1.82) is 0 Å². The Labute approximate surface area is 151 Å². The number of nitrogens with two attached hydrogens (primary N) is 1. The number of benzene rings is 1. The molecular weight excluding hydrogens is 385 g/mol. The monoisotopic (exact) mass is 399 g/mol. The number of sulfonamides is 1. The van der Waals surface area contributed by atoms with Crippen LogP contribution in [0.5, 0.6) is 0 Å². The van der Waals surface area contributed by atoms with Gasteiger partial charge in [0.15, 0.2) is 0 Å². The number of pyridine rings is 1. The van der Waals surface area contributed by atoms with Crippen molar-refractivity contribution in [2.24, 2.45) is 0 Å². The van der Waals surface area contributed by atoms with Crippen LogP contribution in [-0.4, -0.2) is 54.0 Å². The number of H-pyrrole nitrogens is 1. The number of aromatic nitrogens is 1. The first-order valence-corrected chi connectivity index (χ1v) is 8.58. The fourth-order valence-electron chi connectivity index (χ4n) is 2.39. The number of aromatic amines is 1. The summed E-state index contributed by atoms with van der Waals surface area (Å²) in [7, 11) is -1.98. The number of carboxylic acids is 2. The molecule has 2 rings (SSSR count). The molecule has 5 N–H and O–H groups in total. The van der Waals surface area contributed by atoms with E-state index < -0.39 is 60.7 Å². The quantitative estimate of drug-likeness (QED) is 0.560. The number of anilines is 1. The minimum Gasteiger partial charge on any atom is -0.478 e. The van der Waals surface area contributed by atoms with E-state index in [1.54, 1.807) is 0 Å². The molecule has 1 heterocycles. The Bertz CT molecular complexity index is 1120. The summed E-state index contributed by atoms with van der Waals surface area (Å²) in [6, 6.07) is 2.43. The first-order valence-electron chi connectivity index (χ1n) is 7.14. The molecule has 0 fully saturated rings. The fourth-order valence-corrected chi connectivity index (χ4v) is 3.37. The third-order valence-corrected chi connectivity index (χ3v) is 5.48. The highest BCUT2D eigenvalue weighted by molar-refractivity contribution is 7.89. The number of hydrogen-bond donors (Lipinski definition) is 4. The molecule has 27 heavy (non-hydrogen) atoms. The van der Waals surface area contributed by atoms with E-state index >= 15 is 0 Å². The van der Waals surface area contributed by atoms with Gasteiger partial charge in [-0.2, -0.15) is 0 Å². The highest BCUT2D eigenvalue weighted by Gasteiger charge is 2.29. The zero-order chi connectivity index (χ0) is 20.7. The largest absolute Gasteiger partial charge is 0.478 e. The minimum atomic E-state index is -4.28. The molecule has 0 bridgehead atoms. The summed E-state index contributed by atoms with van der Waals surface area (Å²) < 4.78 is 39.3. The Hall–Kier alpha value is -3.25. The number of rotatable bonds is 5. The molecule has 0 aliphatic rings. The molecule has 0 radical (unpaired) electrons. The molecule has 0 spiro atoms. The minimum absolute atomic E-state index is 0.315. The highest BCUT2D eigenvalue weighted by Crippen LogP contribution is 2.32. The molecule has 0 atom stereocenters. The number of halogens is 1. The lowest BCUT2D eigenvalue weighted by molar-refractivity contribution is 0.0695. The maximum Gasteiger partial charge on any atom is 0.342 e. The summed E-state index contributed by atoms with van der Waals surface area (Å²) in [5.74, 6) is -5.20. The van der Waals surface area contributed by atoms with Crippen LogP contribution < -0.4 is 11.3 Å². The van der Waals surface area contributed by atoms with Crippen LogP contribution in [0.3, 0.4) is 0 Å². The first-order chi connectivity index (χ1) is 12.4. The van der Waals surface area contributed by atoms with Gasteiger partial charge < -0.3 is 20.9 Å². The molecule has 2 aromatic rings. The Balaban J connectivity index is 3.01. The molecule has 0 aliphatic carbocycles. The molecule has 144 valence electrons. The summed E-state index contributed by atoms with van der Waals surface area (Å²) >= 11 is 0. The van der Waals surface area contributed by atoms with Crippen LogP contribution in [0.2, 0.25) is 0 Å². The van der Waals surface area contributed by atoms with Crippen molar-refractivity contribution in [2.75, 3.05) is 19.8 Å². The predicted octanol–water partition coefficient (Wildman–Crippen LogP) is 0.410. The van der Waals surface area contributed by atoms with Gasteiger partial charge >= 0.3 is 11.9 Å². The summed E-state index contributed by atoms with van der Waals surface area (Å²) in [6.45, 7) is 0. The second-order valence-electron chi connectivity index (χ2n) is 5.54. The van der Waals surface area contributed by atoms with Gasteiger partial charge in [0.25, 0.3) is 5.56 Å². The molecule has 12 heteroatoms. The Kier molecular flexibility index (Phi) is 5.06. The normalized spacial score (nSPS) is 11.6. The lowest BCUT2D eigenvalue weighted by Crippen LogP contribution is -2.25. The average molecular weight is 399 g/mol. The van der Waals surface area contributed by atoms with Crippen molar-refractivity contribution in [3.05, 3.63) is 45.5 Å². The van der Waals surface area contributed by atoms with Crippen LogP contribution in [0.4, 0.5) is 10.2 Å². The summed E-state index contributed by atoms with van der Waals surface area (Å²) in [4.78, 5) is 36.2. The number of nitrogen functional groups attached to an aromatic ring is 1. The van der Waals surface area contributed by atoms with Crippen LogP contribution in [0.25, 0.3) is 11.1 Å². The number of carbonyl (C=O) groups is 2. The number of carboxylic acid groups (broad SMARTS) is 2. The molecule has 10 nitrogen and oxygen atoms in total. The van der Waals surface area contributed by atoms with Gasteiger partial charge in [0.2, 0.25) is 10.0 Å². The van der Waals surface area contributed by atoms with E-state index in [1.165, 1.54) is 0 Å². The van der Waals surface area contributed by atoms with Crippen molar-refractivity contribution in [1.82, 2.24) is 9.29 Å². The first kappa shape index (κ1) is 20.1. The van der Waals surface area contributed by atoms with E-state index in [0.29, 0.717) is 0 Å². The van der Waals surface area contributed by atoms with Crippen LogP contribution in [0.1, 0.15) is 20.7 Å². The lowest BCUT2D eigenvalue weighted by atomic mass is 9.95. The van der Waals surface area contributed by atoms with Crippen molar-refractivity contribution in [2.45, 2.75) is 4.90 Å². The summed E-state index contributed by atoms with van der Waals surface area (Å²) in [5.41, 5.74) is 1.63. The molecule has 0 amide bonds. The van der Waals surface area contributed by atoms with E-state index in [1.807, 2.05) is 4.98 Å². The third kappa shape index (κ3) is 3.39. The van der Waals surface area contributed by atoms with Gasteiger partial charge in [0.05, 0.1) is 0 Å². The van der Waals surface area contributed by atoms with Crippen molar-refractivity contribution in [3.63, 3.8) is 0 Å². The van der Waals surface area contributed by atoms with Gasteiger partial charge in [-0.15, -0.1) is 0 Å². The molecule has 0 unspecified atom stereocenters. The molecule has 1 aromatic carbocycles. The third-order valence-electron chi connectivity index (χ3n) is 3.65. The van der Waals surface area contributed by atoms with E-state index in [-0.39, 0.29) is 5.56 Å². The number of nitrogens with zero attached hydrogens (tertiary/aromatic N) is 1. The van der Waals surface area contributed by atoms with Crippen molar-refractivity contribution in [3.8, 4) is 11.1 Å². The second kappa shape index (κ2) is 6.81. The molecule has 0 aliphatic heterocycles. The zero-order valence-electron chi connectivity index (χ0n) is 14.0. The summed E-state index contributed by atoms with van der Waals surface area (Å²) in [6.07, 6.45) is 0. The molecule has 0 saturated carbocycles. The SMILES string of the molecule is CN(C)S(=O)(=O)c1cc(-c2c(C(=O)O)c(N)[nH]c(=O)c2C(=O)O)ccc1F. The number of hydrogen-bond acceptors (Lipinski definition) is 6. The smallest absolute Gasteiger partial charge is 0.342 e. The standard InChI is InChI=1S/C15H14FN3O7S/c1-19(2)27(25,26)8-5-6(3-4-7(8)16)9-10(14(21)22)12(17)18-13(20)11(9)15(23)24/h3-5H,1-2H3,(H,21,22)(H,23,24)(H3,17,18,20). The fraction of sp³-hybridized carbons (Fsp3) is 0.133. The Morgan fingerprint density at radius 2 is 1.70 bits per heavy atom. The Morgan fingerprint density at radius 1 is 1.15 bits per heavy atom. The number of nitrogens with one attached hydrogen (secondary N) is 1. The van der Waals surface area contributed by atoms with Crippen LogP contribution in [-0.2, 0) is 10.0 Å². The van der Waals surface area contributed by atoms with E-state index in [9.17, 15) is 37.4 Å².